The zero-order valence-corrected chi connectivity index (χ0v) is 18.2. The van der Waals surface area contributed by atoms with Gasteiger partial charge in [-0.25, -0.2) is 4.58 Å². The summed E-state index contributed by atoms with van der Waals surface area (Å²) in [6.45, 7) is 4.26. The molecule has 0 saturated heterocycles. The van der Waals surface area contributed by atoms with Crippen molar-refractivity contribution in [2.24, 2.45) is 10.9 Å². The summed E-state index contributed by atoms with van der Waals surface area (Å²) in [6, 6.07) is 29.6. The Morgan fingerprint density at radius 3 is 1.90 bits per heavy atom. The first kappa shape index (κ1) is 20.7. The van der Waals surface area contributed by atoms with E-state index < -0.39 is 6.04 Å². The second-order valence-electron chi connectivity index (χ2n) is 8.21. The third kappa shape index (κ3) is 4.33. The molecule has 0 bridgehead atoms. The Balaban J connectivity index is 1.72. The van der Waals surface area contributed by atoms with Gasteiger partial charge in [-0.05, 0) is 28.6 Å². The lowest BCUT2D eigenvalue weighted by atomic mass is 9.95. The topological polar surface area (TPSA) is 44.5 Å². The molecule has 1 N–H and O–H groups in total. The lowest BCUT2D eigenvalue weighted by Gasteiger charge is -2.24. The number of carbonyl (C=O) groups is 1. The van der Waals surface area contributed by atoms with Crippen molar-refractivity contribution < 1.29 is 9.37 Å². The van der Waals surface area contributed by atoms with Crippen molar-refractivity contribution in [2.75, 3.05) is 7.05 Å². The molecule has 3 aromatic carbocycles. The fourth-order valence-electron chi connectivity index (χ4n) is 4.07. The predicted octanol–water partition coefficient (Wildman–Crippen LogP) is 4.46. The van der Waals surface area contributed by atoms with Gasteiger partial charge in [0.25, 0.3) is 5.91 Å². The number of hydrogen-bond acceptors (Lipinski definition) is 2. The summed E-state index contributed by atoms with van der Waals surface area (Å²) in [6.07, 6.45) is 0. The second-order valence-corrected chi connectivity index (χ2v) is 8.21. The van der Waals surface area contributed by atoms with E-state index in [1.807, 2.05) is 90.5 Å². The maximum Gasteiger partial charge on any atom is 0.326 e. The molecule has 1 aliphatic heterocycles. The Kier molecular flexibility index (Phi) is 6.08. The third-order valence-corrected chi connectivity index (χ3v) is 5.68. The van der Waals surface area contributed by atoms with E-state index in [0.29, 0.717) is 0 Å². The van der Waals surface area contributed by atoms with Gasteiger partial charge in [0.2, 0.25) is 11.8 Å². The van der Waals surface area contributed by atoms with Gasteiger partial charge in [-0.2, -0.15) is 0 Å². The van der Waals surface area contributed by atoms with E-state index in [-0.39, 0.29) is 17.9 Å². The molecule has 156 valence electrons. The maximum absolute atomic E-state index is 13.7. The van der Waals surface area contributed by atoms with Crippen LogP contribution in [0.25, 0.3) is 0 Å². The molecule has 4 rings (SSSR count). The lowest BCUT2D eigenvalue weighted by Crippen LogP contribution is -2.47. The normalized spacial score (nSPS) is 16.9. The molecule has 0 radical (unpaired) electrons. The number of amidine groups is 1. The van der Waals surface area contributed by atoms with Crippen molar-refractivity contribution in [3.63, 3.8) is 0 Å². The van der Waals surface area contributed by atoms with Gasteiger partial charge in [0, 0.05) is 5.56 Å². The molecule has 31 heavy (non-hydrogen) atoms. The highest BCUT2D eigenvalue weighted by molar-refractivity contribution is 6.22. The number of aliphatic imine (C=N–C) groups is 1. The van der Waals surface area contributed by atoms with Gasteiger partial charge in [-0.15, -0.1) is 0 Å². The van der Waals surface area contributed by atoms with E-state index in [9.17, 15) is 4.79 Å². The first-order valence-corrected chi connectivity index (χ1v) is 10.7. The van der Waals surface area contributed by atoms with Crippen LogP contribution < -0.4 is 5.32 Å². The van der Waals surface area contributed by atoms with Gasteiger partial charge < -0.3 is 5.32 Å². The smallest absolute Gasteiger partial charge is 0.326 e. The molecule has 0 fully saturated rings. The molecule has 1 amide bonds. The van der Waals surface area contributed by atoms with Crippen LogP contribution in [0.3, 0.4) is 0 Å². The maximum atomic E-state index is 13.7. The summed E-state index contributed by atoms with van der Waals surface area (Å²) in [4.78, 5) is 18.6. The average Bonchev–Trinajstić information content (AvgIpc) is 3.16. The summed E-state index contributed by atoms with van der Waals surface area (Å²) < 4.78 is 1.98. The molecule has 2 unspecified atom stereocenters. The van der Waals surface area contributed by atoms with Crippen molar-refractivity contribution >= 4 is 17.5 Å². The standard InChI is InChI=1S/C27H27N3O/c1-19(2)23(20-13-7-4-8-14-20)29-27(31)25-24(21-15-9-5-10-16-21)28-26(30(25)3)22-17-11-6-12-18-22/h4-19,23,25H,1-3H3/p+1. The van der Waals surface area contributed by atoms with E-state index >= 15 is 0 Å². The Hall–Kier alpha value is -3.53. The minimum Gasteiger partial charge on any atom is -0.345 e. The van der Waals surface area contributed by atoms with Crippen LogP contribution in [0, 0.1) is 5.92 Å². The van der Waals surface area contributed by atoms with Crippen LogP contribution in [-0.2, 0) is 4.79 Å². The molecule has 3 aromatic rings. The van der Waals surface area contributed by atoms with Gasteiger partial charge in [-0.3, -0.25) is 4.79 Å². The summed E-state index contributed by atoms with van der Waals surface area (Å²) in [5, 5.41) is 3.30. The molecular weight excluding hydrogens is 382 g/mol. The fraction of sp³-hybridized carbons (Fsp3) is 0.222. The molecule has 1 heterocycles. The third-order valence-electron chi connectivity index (χ3n) is 5.68. The first-order chi connectivity index (χ1) is 15.1. The number of hydrogen-bond donors (Lipinski definition) is 1. The monoisotopic (exact) mass is 410 g/mol. The van der Waals surface area contributed by atoms with Crippen LogP contribution in [-0.4, -0.2) is 35.1 Å². The first-order valence-electron chi connectivity index (χ1n) is 10.7. The van der Waals surface area contributed by atoms with Crippen LogP contribution in [0.15, 0.2) is 96.0 Å². The van der Waals surface area contributed by atoms with Crippen molar-refractivity contribution in [3.05, 3.63) is 108 Å². The van der Waals surface area contributed by atoms with Crippen LogP contribution in [0.1, 0.15) is 36.6 Å². The highest BCUT2D eigenvalue weighted by Crippen LogP contribution is 2.23. The van der Waals surface area contributed by atoms with E-state index in [2.05, 4.69) is 31.3 Å². The lowest BCUT2D eigenvalue weighted by molar-refractivity contribution is -0.502. The zero-order chi connectivity index (χ0) is 21.8. The van der Waals surface area contributed by atoms with E-state index in [0.717, 1.165) is 28.2 Å². The van der Waals surface area contributed by atoms with Gasteiger partial charge >= 0.3 is 5.84 Å². The van der Waals surface area contributed by atoms with E-state index in [1.165, 1.54) is 0 Å². The quantitative estimate of drug-likeness (QED) is 0.599. The van der Waals surface area contributed by atoms with Gasteiger partial charge in [0.15, 0.2) is 0 Å². The minimum atomic E-state index is -0.498. The van der Waals surface area contributed by atoms with E-state index in [4.69, 9.17) is 4.99 Å². The highest BCUT2D eigenvalue weighted by atomic mass is 16.2. The van der Waals surface area contributed by atoms with Crippen molar-refractivity contribution in [1.29, 1.82) is 0 Å². The number of rotatable bonds is 6. The van der Waals surface area contributed by atoms with Crippen LogP contribution in [0.2, 0.25) is 0 Å². The SMILES string of the molecule is CC(C)C(NC(=O)C1C(c2ccccc2)=NC(c2ccccc2)=[N+]1C)c1ccccc1. The molecule has 0 spiro atoms. The number of nitrogens with zero attached hydrogens (tertiary/aromatic N) is 2. The molecule has 1 aliphatic rings. The molecule has 4 nitrogen and oxygen atoms in total. The number of nitrogens with one attached hydrogen (secondary N) is 1. The Bertz CT molecular complexity index is 1100. The van der Waals surface area contributed by atoms with Gasteiger partial charge in [0.05, 0.1) is 18.7 Å². The van der Waals surface area contributed by atoms with E-state index in [1.54, 1.807) is 0 Å². The highest BCUT2D eigenvalue weighted by Gasteiger charge is 2.43. The average molecular weight is 411 g/mol. The zero-order valence-electron chi connectivity index (χ0n) is 18.2. The van der Waals surface area contributed by atoms with Crippen molar-refractivity contribution in [3.8, 4) is 0 Å². The molecule has 0 aromatic heterocycles. The molecule has 0 saturated carbocycles. The minimum absolute atomic E-state index is 0.0430. The van der Waals surface area contributed by atoms with Crippen molar-refractivity contribution in [1.82, 2.24) is 5.32 Å². The largest absolute Gasteiger partial charge is 0.345 e. The Labute approximate surface area is 184 Å². The molecule has 0 aliphatic carbocycles. The Morgan fingerprint density at radius 2 is 1.35 bits per heavy atom. The number of carbonyl (C=O) groups excluding carboxylic acids is 1. The summed E-state index contributed by atoms with van der Waals surface area (Å²) in [5.41, 5.74) is 3.84. The number of amides is 1. The molecule has 4 heteroatoms. The summed E-state index contributed by atoms with van der Waals surface area (Å²) in [5.74, 6) is 1.02. The Morgan fingerprint density at radius 1 is 0.839 bits per heavy atom. The van der Waals surface area contributed by atoms with Crippen LogP contribution in [0.5, 0.6) is 0 Å². The van der Waals surface area contributed by atoms with Crippen LogP contribution in [0.4, 0.5) is 0 Å². The summed E-state index contributed by atoms with van der Waals surface area (Å²) >= 11 is 0. The van der Waals surface area contributed by atoms with Crippen molar-refractivity contribution in [2.45, 2.75) is 25.9 Å². The fourth-order valence-corrected chi connectivity index (χ4v) is 4.07. The molecular formula is C27H28N3O+. The van der Waals surface area contributed by atoms with Crippen LogP contribution >= 0.6 is 0 Å². The second kappa shape index (κ2) is 9.09. The van der Waals surface area contributed by atoms with Gasteiger partial charge in [0.1, 0.15) is 0 Å². The molecule has 2 atom stereocenters. The predicted molar refractivity (Wildman–Crippen MR) is 126 cm³/mol. The number of likely N-dealkylation sites (N-methyl/N-ethyl adjacent to an activating group) is 1. The summed E-state index contributed by atoms with van der Waals surface area (Å²) in [7, 11) is 1.94. The number of benzene rings is 3. The van der Waals surface area contributed by atoms with Gasteiger partial charge in [-0.1, -0.05) is 92.7 Å².